The fraction of sp³-hybridized carbons (Fsp3) is 0.200. The average Bonchev–Trinajstić information content (AvgIpc) is 1.60. The smallest absolute Gasteiger partial charge is 0.306 e. The number of nitrogens with zero attached hydrogens (tertiary/aromatic N) is 6. The maximum absolute atomic E-state index is 12.4. The van der Waals surface area contributed by atoms with Crippen LogP contribution in [0.1, 0.15) is 97.2 Å². The first-order valence-electron chi connectivity index (χ1n) is 36.2. The van der Waals surface area contributed by atoms with Gasteiger partial charge in [-0.05, 0) is 162 Å². The highest BCUT2D eigenvalue weighted by Gasteiger charge is 2.51. The van der Waals surface area contributed by atoms with Crippen molar-refractivity contribution in [2.45, 2.75) is 113 Å². The Kier molecular flexibility index (Phi) is 22.0. The first-order valence-corrected chi connectivity index (χ1v) is 40.5. The van der Waals surface area contributed by atoms with Crippen molar-refractivity contribution in [1.29, 1.82) is 0 Å². The standard InChI is InChI=1S/C76H66Cl4N6O4.2C7H8O3S/c1-73(2)61(29-19-31-63-75(5,43-47-21-11-9-12-22-47)67-59(81(63)7)41-55(77)71(69(67)79)85(87)88)83(57-39-37-51-25-15-17-27-53(51)65(57)73)45-49-33-35-50(36-34-49)46-84-58-40-38-52-26-16-18-28-54(52)66(58)74(3,4)62(84)30-20-32-64-76(6,44-48-23-13-10-14-24-48)68-60(82(64)8)42-56(78)72(70(68)80)86(89)90;2*1-6-2-4-7(5-3-6)11(8,9)10/h9-42H,43-46H2,1-8H3;2*2-5H,1H3,(H,8,9,10)/q+2;;/p-2. The quantitative estimate of drug-likeness (QED) is 0.0382. The van der Waals surface area contributed by atoms with Crippen LogP contribution in [0.25, 0.3) is 21.5 Å². The minimum atomic E-state index is -4.27. The van der Waals surface area contributed by atoms with Gasteiger partial charge in [0, 0.05) is 105 Å². The normalized spacial score (nSPS) is 18.1. The molecule has 0 saturated carbocycles. The summed E-state index contributed by atoms with van der Waals surface area (Å²) in [5.41, 5.74) is 15.1. The summed E-state index contributed by atoms with van der Waals surface area (Å²) in [5.74, 6) is 0. The van der Waals surface area contributed by atoms with Crippen LogP contribution < -0.4 is 9.80 Å². The van der Waals surface area contributed by atoms with Gasteiger partial charge in [0.1, 0.15) is 40.3 Å². The summed E-state index contributed by atoms with van der Waals surface area (Å²) in [6.45, 7) is 18.3. The van der Waals surface area contributed by atoms with Crippen LogP contribution in [0.2, 0.25) is 20.1 Å². The molecule has 2 atom stereocenters. The molecule has 0 amide bonds. The van der Waals surface area contributed by atoms with E-state index >= 15 is 0 Å². The predicted octanol–water partition coefficient (Wildman–Crippen LogP) is 21.6. The number of benzene rings is 11. The lowest BCUT2D eigenvalue weighted by Crippen LogP contribution is -2.29. The summed E-state index contributed by atoms with van der Waals surface area (Å²) in [4.78, 5) is 27.7. The highest BCUT2D eigenvalue weighted by molar-refractivity contribution is 7.86. The van der Waals surface area contributed by atoms with Crippen LogP contribution in [0.15, 0.2) is 276 Å². The number of hydrogen-bond acceptors (Lipinski definition) is 12. The number of anilines is 2. The van der Waals surface area contributed by atoms with Gasteiger partial charge < -0.3 is 18.9 Å². The van der Waals surface area contributed by atoms with E-state index in [1.807, 2.05) is 64.3 Å². The van der Waals surface area contributed by atoms with Gasteiger partial charge in [-0.2, -0.15) is 9.15 Å². The van der Waals surface area contributed by atoms with Gasteiger partial charge in [0.15, 0.2) is 24.5 Å². The third-order valence-corrected chi connectivity index (χ3v) is 25.1. The van der Waals surface area contributed by atoms with E-state index in [0.29, 0.717) is 37.1 Å². The topological polar surface area (TPSA) is 213 Å². The van der Waals surface area contributed by atoms with Crippen molar-refractivity contribution in [2.75, 3.05) is 23.9 Å². The minimum Gasteiger partial charge on any atom is -0.744 e. The number of rotatable bonds is 16. The van der Waals surface area contributed by atoms with E-state index in [0.717, 1.165) is 78.9 Å². The Morgan fingerprint density at radius 3 is 1.09 bits per heavy atom. The second kappa shape index (κ2) is 31.0. The summed E-state index contributed by atoms with van der Waals surface area (Å²) in [6, 6.07) is 70.4. The minimum absolute atomic E-state index is 0.00408. The van der Waals surface area contributed by atoms with Gasteiger partial charge in [0.05, 0.1) is 30.5 Å². The fourth-order valence-electron chi connectivity index (χ4n) is 16.7. The van der Waals surface area contributed by atoms with E-state index in [2.05, 4.69) is 218 Å². The third kappa shape index (κ3) is 15.1. The molecule has 0 aromatic heterocycles. The second-order valence-corrected chi connectivity index (χ2v) is 34.5. The van der Waals surface area contributed by atoms with E-state index in [1.165, 1.54) is 56.9 Å². The lowest BCUT2D eigenvalue weighted by atomic mass is 9.76. The second-order valence-electron chi connectivity index (χ2n) is 30.2. The Labute approximate surface area is 672 Å². The number of aryl methyl sites for hydroxylation is 2. The number of nitro benzene ring substituents is 2. The number of fused-ring (bicyclic) bond motifs is 8. The van der Waals surface area contributed by atoms with Gasteiger partial charge in [-0.1, -0.05) is 227 Å². The number of halogens is 4. The molecule has 4 heterocycles. The average molecular weight is 1610 g/mol. The molecule has 0 radical (unpaired) electrons. The van der Waals surface area contributed by atoms with Crippen LogP contribution in [-0.4, -0.2) is 70.5 Å². The number of nitro groups is 2. The van der Waals surface area contributed by atoms with Crippen molar-refractivity contribution in [3.05, 3.63) is 362 Å². The third-order valence-electron chi connectivity index (χ3n) is 22.0. The highest BCUT2D eigenvalue weighted by atomic mass is 35.5. The van der Waals surface area contributed by atoms with E-state index in [4.69, 9.17) is 46.4 Å². The van der Waals surface area contributed by atoms with Crippen LogP contribution in [0.4, 0.5) is 34.1 Å². The molecule has 0 N–H and O–H groups in total. The Hall–Kier alpha value is -10.4. The van der Waals surface area contributed by atoms with E-state index in [-0.39, 0.29) is 41.3 Å². The summed E-state index contributed by atoms with van der Waals surface area (Å²) < 4.78 is 67.2. The molecule has 0 spiro atoms. The van der Waals surface area contributed by atoms with Gasteiger partial charge in [-0.15, -0.1) is 0 Å². The molecule has 0 fully saturated rings. The van der Waals surface area contributed by atoms with Crippen LogP contribution in [0, 0.1) is 34.1 Å². The number of hydrogen-bond donors (Lipinski definition) is 0. The fourth-order valence-corrected chi connectivity index (χ4v) is 19.2. The first-order chi connectivity index (χ1) is 53.0. The molecule has 2 unspecified atom stereocenters. The Morgan fingerprint density at radius 1 is 0.429 bits per heavy atom. The predicted molar refractivity (Wildman–Crippen MR) is 448 cm³/mol. The van der Waals surface area contributed by atoms with Crippen molar-refractivity contribution < 1.29 is 44.9 Å². The number of allylic oxidation sites excluding steroid dienone is 8. The van der Waals surface area contributed by atoms with Gasteiger partial charge >= 0.3 is 11.4 Å². The van der Waals surface area contributed by atoms with Gasteiger partial charge in [0.2, 0.25) is 11.4 Å². The molecular weight excluding hydrogens is 1530 g/mol. The summed E-state index contributed by atoms with van der Waals surface area (Å²) in [7, 11) is -4.59. The molecule has 22 heteroatoms. The van der Waals surface area contributed by atoms with Crippen molar-refractivity contribution in [2.24, 2.45) is 0 Å². The van der Waals surface area contributed by atoms with Gasteiger partial charge in [0.25, 0.3) is 0 Å². The van der Waals surface area contributed by atoms with E-state index in [9.17, 15) is 46.2 Å². The lowest BCUT2D eigenvalue weighted by Gasteiger charge is -2.29. The molecule has 4 aliphatic heterocycles. The first kappa shape index (κ1) is 79.7. The molecular formula is C90H80Cl4N6O10S2. The zero-order chi connectivity index (χ0) is 80.3. The molecule has 570 valence electrons. The van der Waals surface area contributed by atoms with Crippen LogP contribution in [0.5, 0.6) is 0 Å². The zero-order valence-electron chi connectivity index (χ0n) is 63.2. The number of likely N-dealkylation sites (N-methyl/N-ethyl adjacent to an activating group) is 2. The molecule has 15 rings (SSSR count). The summed E-state index contributed by atoms with van der Waals surface area (Å²) in [5, 5.41) is 29.7. The van der Waals surface area contributed by atoms with Crippen molar-refractivity contribution >= 4 is 134 Å². The molecule has 0 saturated heterocycles. The van der Waals surface area contributed by atoms with Crippen LogP contribution in [0.3, 0.4) is 0 Å². The molecule has 11 aromatic rings. The van der Waals surface area contributed by atoms with Gasteiger partial charge in [-0.3, -0.25) is 20.2 Å². The molecule has 4 aliphatic rings. The lowest BCUT2D eigenvalue weighted by molar-refractivity contribution is -0.455. The maximum Gasteiger partial charge on any atom is 0.306 e. The van der Waals surface area contributed by atoms with Crippen molar-refractivity contribution in [1.82, 2.24) is 0 Å². The van der Waals surface area contributed by atoms with E-state index < -0.39 is 51.7 Å². The Bertz CT molecular complexity index is 5720. The summed E-state index contributed by atoms with van der Waals surface area (Å²) in [6.07, 6.45) is 14.1. The molecule has 0 bridgehead atoms. The zero-order valence-corrected chi connectivity index (χ0v) is 67.8. The monoisotopic (exact) mass is 1610 g/mol. The summed E-state index contributed by atoms with van der Waals surface area (Å²) >= 11 is 27.4. The molecule has 16 nitrogen and oxygen atoms in total. The van der Waals surface area contributed by atoms with E-state index in [1.54, 1.807) is 36.4 Å². The van der Waals surface area contributed by atoms with Crippen LogP contribution >= 0.6 is 46.4 Å². The molecule has 0 aliphatic carbocycles. The van der Waals surface area contributed by atoms with Crippen molar-refractivity contribution in [3.63, 3.8) is 0 Å². The highest BCUT2D eigenvalue weighted by Crippen LogP contribution is 2.58. The van der Waals surface area contributed by atoms with Gasteiger partial charge in [-0.25, -0.2) is 16.8 Å². The van der Waals surface area contributed by atoms with Crippen LogP contribution in [-0.2, 0) is 67.8 Å². The maximum atomic E-state index is 12.4. The Morgan fingerprint density at radius 2 is 0.759 bits per heavy atom. The van der Waals surface area contributed by atoms with Crippen molar-refractivity contribution in [3.8, 4) is 0 Å². The SMILES string of the molecule is CN1/C(=C/C=C/C2=[N+](Cc3ccc(C[N+]4=C(/C=C/C=C5/N(C)c6cc(Cl)c([N+](=O)[O-])c(Cl)c6C5(C)Cc5ccccc5)C(C)(C)c5c4ccc4ccccc54)cc3)c3ccc4ccccc4c3C2(C)C)C(C)(Cc2ccccc2)c2c1cc(Cl)c([N+](=O)[O-])c2Cl.Cc1ccc(S(=O)(=O)[O-])cc1.Cc1ccc(S(=O)(=O)[O-])cc1. The molecule has 11 aromatic carbocycles. The Balaban J connectivity index is 0.000000430. The molecule has 112 heavy (non-hydrogen) atoms. The largest absolute Gasteiger partial charge is 0.744 e.